The van der Waals surface area contributed by atoms with Crippen LogP contribution in [-0.4, -0.2) is 39.6 Å². The van der Waals surface area contributed by atoms with E-state index in [-0.39, 0.29) is 28.9 Å². The van der Waals surface area contributed by atoms with Crippen molar-refractivity contribution in [2.75, 3.05) is 13.1 Å². The molecule has 0 N–H and O–H groups in total. The Kier molecular flexibility index (Phi) is 4.10. The molecule has 1 fully saturated rings. The summed E-state index contributed by atoms with van der Waals surface area (Å²) < 4.78 is 0.921. The Morgan fingerprint density at radius 3 is 2.39 bits per heavy atom. The summed E-state index contributed by atoms with van der Waals surface area (Å²) in [6.45, 7) is 1.06. The van der Waals surface area contributed by atoms with E-state index in [1.807, 2.05) is 0 Å². The number of fused-ring (bicyclic) bond motifs is 1. The van der Waals surface area contributed by atoms with E-state index < -0.39 is 11.5 Å². The first-order chi connectivity index (χ1) is 11.1. The second-order valence-electron chi connectivity index (χ2n) is 5.59. The number of likely N-dealkylation sites (tertiary alicyclic amines) is 1. The van der Waals surface area contributed by atoms with Crippen LogP contribution in [0.2, 0.25) is 0 Å². The highest BCUT2D eigenvalue weighted by molar-refractivity contribution is 6.00. The summed E-state index contributed by atoms with van der Waals surface area (Å²) in [6, 6.07) is 6.29. The zero-order valence-corrected chi connectivity index (χ0v) is 12.5. The summed E-state index contributed by atoms with van der Waals surface area (Å²) in [6.07, 6.45) is 2.97. The molecule has 1 aliphatic rings. The highest BCUT2D eigenvalue weighted by Gasteiger charge is 2.19. The zero-order valence-electron chi connectivity index (χ0n) is 12.5. The van der Waals surface area contributed by atoms with Gasteiger partial charge in [-0.25, -0.2) is 4.68 Å². The number of rotatable bonds is 3. The van der Waals surface area contributed by atoms with Gasteiger partial charge in [0.2, 0.25) is 5.91 Å². The SMILES string of the molecule is O=C([O-])c1nn(CC(=O)N2CCCCC2)c(=O)c2ccccc12. The maximum absolute atomic E-state index is 12.4. The second-order valence-corrected chi connectivity index (χ2v) is 5.59. The summed E-state index contributed by atoms with van der Waals surface area (Å²) >= 11 is 0. The maximum atomic E-state index is 12.4. The molecule has 0 aliphatic carbocycles. The Morgan fingerprint density at radius 1 is 1.09 bits per heavy atom. The number of aromatic carboxylic acids is 1. The molecular formula is C16H16N3O4-. The molecule has 0 saturated carbocycles. The fourth-order valence-corrected chi connectivity index (χ4v) is 2.86. The standard InChI is InChI=1S/C16H17N3O4/c20-13(18-8-4-1-5-9-18)10-19-15(21)12-7-3-2-6-11(12)14(17-19)16(22)23/h2-3,6-7H,1,4-5,8-10H2,(H,22,23)/p-1. The van der Waals surface area contributed by atoms with Gasteiger partial charge in [-0.2, -0.15) is 5.10 Å². The van der Waals surface area contributed by atoms with E-state index in [2.05, 4.69) is 5.10 Å². The van der Waals surface area contributed by atoms with Crippen molar-refractivity contribution in [1.29, 1.82) is 0 Å². The van der Waals surface area contributed by atoms with Gasteiger partial charge in [0.15, 0.2) is 0 Å². The Morgan fingerprint density at radius 2 is 1.74 bits per heavy atom. The third kappa shape index (κ3) is 2.94. The summed E-state index contributed by atoms with van der Waals surface area (Å²) in [5.74, 6) is -1.70. The molecule has 1 saturated heterocycles. The molecule has 1 aromatic carbocycles. The van der Waals surface area contributed by atoms with Crippen LogP contribution in [0.15, 0.2) is 29.1 Å². The van der Waals surface area contributed by atoms with E-state index in [1.54, 1.807) is 17.0 Å². The molecule has 7 nitrogen and oxygen atoms in total. The van der Waals surface area contributed by atoms with E-state index in [1.165, 1.54) is 12.1 Å². The number of carboxylic acid groups (broad SMARTS) is 1. The molecule has 120 valence electrons. The predicted octanol–water partition coefficient (Wildman–Crippen LogP) is -0.227. The molecule has 0 unspecified atom stereocenters. The van der Waals surface area contributed by atoms with Crippen molar-refractivity contribution >= 4 is 22.6 Å². The number of benzene rings is 1. The number of hydrogen-bond acceptors (Lipinski definition) is 5. The molecule has 23 heavy (non-hydrogen) atoms. The van der Waals surface area contributed by atoms with Gasteiger partial charge < -0.3 is 14.8 Å². The molecule has 0 radical (unpaired) electrons. The minimum Gasteiger partial charge on any atom is -0.543 e. The Labute approximate surface area is 132 Å². The molecule has 0 atom stereocenters. The lowest BCUT2D eigenvalue weighted by Crippen LogP contribution is -2.41. The molecular weight excluding hydrogens is 298 g/mol. The van der Waals surface area contributed by atoms with Crippen LogP contribution < -0.4 is 10.7 Å². The highest BCUT2D eigenvalue weighted by atomic mass is 16.4. The van der Waals surface area contributed by atoms with Gasteiger partial charge in [0, 0.05) is 18.5 Å². The van der Waals surface area contributed by atoms with E-state index in [0.717, 1.165) is 23.9 Å². The van der Waals surface area contributed by atoms with Gasteiger partial charge >= 0.3 is 0 Å². The highest BCUT2D eigenvalue weighted by Crippen LogP contribution is 2.13. The third-order valence-electron chi connectivity index (χ3n) is 4.05. The summed E-state index contributed by atoms with van der Waals surface area (Å²) in [5, 5.41) is 15.5. The molecule has 2 heterocycles. The van der Waals surface area contributed by atoms with Crippen LogP contribution in [0.25, 0.3) is 10.8 Å². The fraction of sp³-hybridized carbons (Fsp3) is 0.375. The van der Waals surface area contributed by atoms with Crippen molar-refractivity contribution < 1.29 is 14.7 Å². The van der Waals surface area contributed by atoms with Crippen LogP contribution >= 0.6 is 0 Å². The van der Waals surface area contributed by atoms with Crippen molar-refractivity contribution in [3.8, 4) is 0 Å². The topological polar surface area (TPSA) is 95.3 Å². The summed E-state index contributed by atoms with van der Waals surface area (Å²) in [7, 11) is 0. The molecule has 3 rings (SSSR count). The van der Waals surface area contributed by atoms with Crippen LogP contribution in [0.4, 0.5) is 0 Å². The van der Waals surface area contributed by atoms with E-state index in [4.69, 9.17) is 0 Å². The number of aromatic nitrogens is 2. The van der Waals surface area contributed by atoms with Crippen molar-refractivity contribution in [2.24, 2.45) is 0 Å². The van der Waals surface area contributed by atoms with Gasteiger partial charge in [-0.05, 0) is 25.3 Å². The average molecular weight is 314 g/mol. The molecule has 0 bridgehead atoms. The normalized spacial score (nSPS) is 14.9. The summed E-state index contributed by atoms with van der Waals surface area (Å²) in [5.41, 5.74) is -0.803. The van der Waals surface area contributed by atoms with Crippen molar-refractivity contribution in [3.05, 3.63) is 40.3 Å². The molecule has 1 aliphatic heterocycles. The lowest BCUT2D eigenvalue weighted by molar-refractivity contribution is -0.255. The lowest BCUT2D eigenvalue weighted by atomic mass is 10.1. The van der Waals surface area contributed by atoms with E-state index in [9.17, 15) is 19.5 Å². The first-order valence-corrected chi connectivity index (χ1v) is 7.57. The second kappa shape index (κ2) is 6.20. The smallest absolute Gasteiger partial charge is 0.275 e. The van der Waals surface area contributed by atoms with Gasteiger partial charge in [-0.1, -0.05) is 18.2 Å². The molecule has 0 spiro atoms. The number of carboxylic acids is 1. The van der Waals surface area contributed by atoms with Crippen molar-refractivity contribution in [2.45, 2.75) is 25.8 Å². The van der Waals surface area contributed by atoms with Gasteiger partial charge in [-0.3, -0.25) is 9.59 Å². The van der Waals surface area contributed by atoms with Crippen LogP contribution in [0.3, 0.4) is 0 Å². The van der Waals surface area contributed by atoms with Gasteiger partial charge in [0.1, 0.15) is 12.2 Å². The fourth-order valence-electron chi connectivity index (χ4n) is 2.86. The largest absolute Gasteiger partial charge is 0.543 e. The van der Waals surface area contributed by atoms with Crippen LogP contribution in [0.5, 0.6) is 0 Å². The van der Waals surface area contributed by atoms with E-state index >= 15 is 0 Å². The number of carbonyl (C=O) groups is 2. The van der Waals surface area contributed by atoms with Gasteiger partial charge in [-0.15, -0.1) is 0 Å². The zero-order chi connectivity index (χ0) is 16.4. The number of carbonyl (C=O) groups excluding carboxylic acids is 2. The van der Waals surface area contributed by atoms with Crippen LogP contribution in [0.1, 0.15) is 29.8 Å². The van der Waals surface area contributed by atoms with Gasteiger partial charge in [0.25, 0.3) is 5.56 Å². The monoisotopic (exact) mass is 314 g/mol. The van der Waals surface area contributed by atoms with Crippen LogP contribution in [0, 0.1) is 0 Å². The van der Waals surface area contributed by atoms with Crippen molar-refractivity contribution in [1.82, 2.24) is 14.7 Å². The van der Waals surface area contributed by atoms with Crippen LogP contribution in [-0.2, 0) is 11.3 Å². The summed E-state index contributed by atoms with van der Waals surface area (Å²) in [4.78, 5) is 37.7. The number of nitrogens with zero attached hydrogens (tertiary/aromatic N) is 3. The Bertz CT molecular complexity index is 822. The molecule has 2 aromatic rings. The predicted molar refractivity (Wildman–Crippen MR) is 80.8 cm³/mol. The Balaban J connectivity index is 2.00. The quantitative estimate of drug-likeness (QED) is 0.780. The maximum Gasteiger partial charge on any atom is 0.275 e. The number of amides is 1. The van der Waals surface area contributed by atoms with Crippen molar-refractivity contribution in [3.63, 3.8) is 0 Å². The first kappa shape index (κ1) is 15.2. The first-order valence-electron chi connectivity index (χ1n) is 7.57. The molecule has 1 aromatic heterocycles. The number of hydrogen-bond donors (Lipinski definition) is 0. The minimum atomic E-state index is -1.47. The van der Waals surface area contributed by atoms with E-state index in [0.29, 0.717) is 13.1 Å². The third-order valence-corrected chi connectivity index (χ3v) is 4.05. The number of piperidine rings is 1. The molecule has 1 amide bonds. The average Bonchev–Trinajstić information content (AvgIpc) is 2.58. The minimum absolute atomic E-state index is 0.216. The lowest BCUT2D eigenvalue weighted by Gasteiger charge is -2.26. The Hall–Kier alpha value is -2.70. The molecule has 7 heteroatoms. The van der Waals surface area contributed by atoms with Gasteiger partial charge in [0.05, 0.1) is 11.4 Å².